The third-order valence-electron chi connectivity index (χ3n) is 8.49. The fourth-order valence-electron chi connectivity index (χ4n) is 6.15. The number of thiophene rings is 1. The summed E-state index contributed by atoms with van der Waals surface area (Å²) in [5, 5.41) is 2.95. The number of urea groups is 1. The number of halogens is 5. The van der Waals surface area contributed by atoms with Crippen molar-refractivity contribution in [3.8, 4) is 5.75 Å². The highest BCUT2D eigenvalue weighted by molar-refractivity contribution is 7.10. The van der Waals surface area contributed by atoms with Crippen LogP contribution in [0.1, 0.15) is 52.2 Å². The Balaban J connectivity index is 1.43. The van der Waals surface area contributed by atoms with Gasteiger partial charge in [-0.15, -0.1) is 11.3 Å². The average Bonchev–Trinajstić information content (AvgIpc) is 3.75. The second-order valence-electron chi connectivity index (χ2n) is 11.4. The number of amidine groups is 1. The smallest absolute Gasteiger partial charge is 0.416 e. The molecule has 48 heavy (non-hydrogen) atoms. The minimum atomic E-state index is -4.60. The Morgan fingerprint density at radius 2 is 1.62 bits per heavy atom. The molecule has 3 unspecified atom stereocenters. The second-order valence-corrected chi connectivity index (χ2v) is 13.2. The molecule has 3 aromatic carbocycles. The summed E-state index contributed by atoms with van der Waals surface area (Å²) in [6.07, 6.45) is -3.68. The van der Waals surface area contributed by atoms with Crippen molar-refractivity contribution in [2.75, 3.05) is 32.8 Å². The van der Waals surface area contributed by atoms with Crippen molar-refractivity contribution in [3.63, 3.8) is 0 Å². The van der Waals surface area contributed by atoms with Crippen molar-refractivity contribution in [1.82, 2.24) is 14.7 Å². The van der Waals surface area contributed by atoms with Crippen molar-refractivity contribution in [3.05, 3.63) is 121 Å². The Morgan fingerprint density at radius 3 is 2.19 bits per heavy atom. The molecule has 250 valence electrons. The lowest BCUT2D eigenvalue weighted by atomic mass is 9.93. The summed E-state index contributed by atoms with van der Waals surface area (Å²) in [5.74, 6) is 0.147. The van der Waals surface area contributed by atoms with Crippen molar-refractivity contribution in [1.29, 1.82) is 0 Å². The van der Waals surface area contributed by atoms with E-state index in [1.807, 2.05) is 46.7 Å². The van der Waals surface area contributed by atoms with Crippen LogP contribution in [0.4, 0.5) is 18.0 Å². The lowest BCUT2D eigenvalue weighted by molar-refractivity contribution is -0.137. The molecule has 1 saturated heterocycles. The maximum absolute atomic E-state index is 14.8. The average molecular weight is 716 g/mol. The summed E-state index contributed by atoms with van der Waals surface area (Å²) in [4.78, 5) is 38.1. The van der Waals surface area contributed by atoms with E-state index in [1.54, 1.807) is 41.0 Å². The van der Waals surface area contributed by atoms with Crippen LogP contribution >= 0.6 is 34.5 Å². The first-order chi connectivity index (χ1) is 23.1. The fourth-order valence-corrected chi connectivity index (χ4v) is 7.22. The van der Waals surface area contributed by atoms with Crippen LogP contribution in [-0.4, -0.2) is 65.6 Å². The van der Waals surface area contributed by atoms with E-state index in [4.69, 9.17) is 32.9 Å². The van der Waals surface area contributed by atoms with Crippen LogP contribution in [0, 0.1) is 0 Å². The van der Waals surface area contributed by atoms with Gasteiger partial charge in [0.25, 0.3) is 0 Å². The predicted octanol–water partition coefficient (Wildman–Crippen LogP) is 8.70. The number of hydrogen-bond donors (Lipinski definition) is 0. The molecule has 2 amide bonds. The van der Waals surface area contributed by atoms with E-state index in [0.29, 0.717) is 36.2 Å². The van der Waals surface area contributed by atoms with Crippen molar-refractivity contribution in [2.45, 2.75) is 31.2 Å². The van der Waals surface area contributed by atoms with Gasteiger partial charge in [0.15, 0.2) is 0 Å². The molecule has 0 N–H and O–H groups in total. The molecule has 0 saturated carbocycles. The molecular formula is C35H31Cl2F3N4O3S. The monoisotopic (exact) mass is 714 g/mol. The molecule has 0 bridgehead atoms. The standard InChI is InChI=1S/C35H31Cl2F3N4O3S/c1-2-47-29-20-24(35(38,39)40)9-14-27(29)33-41-31(22-5-10-25(36)11-6-22)32(23-7-12-26(37)13-8-23)44(33)34(46)43-17-15-42(16-18-43)28(21-45)30-4-3-19-48-30/h3-14,19-21,28,31-32H,2,15-18H2,1H3. The first-order valence-corrected chi connectivity index (χ1v) is 17.0. The number of carbonyl (C=O) groups is 2. The predicted molar refractivity (Wildman–Crippen MR) is 181 cm³/mol. The number of carbonyl (C=O) groups excluding carboxylic acids is 2. The Bertz CT molecular complexity index is 1780. The number of nitrogens with zero attached hydrogens (tertiary/aromatic N) is 4. The molecule has 1 fully saturated rings. The van der Waals surface area contributed by atoms with Crippen LogP contribution in [0.3, 0.4) is 0 Å². The number of ether oxygens (including phenoxy) is 1. The van der Waals surface area contributed by atoms with Gasteiger partial charge in [-0.2, -0.15) is 13.2 Å². The van der Waals surface area contributed by atoms with E-state index < -0.39 is 29.9 Å². The summed E-state index contributed by atoms with van der Waals surface area (Å²) in [6.45, 7) is 3.32. The van der Waals surface area contributed by atoms with E-state index in [-0.39, 0.29) is 29.8 Å². The molecule has 6 rings (SSSR count). The molecular weight excluding hydrogens is 684 g/mol. The van der Waals surface area contributed by atoms with Gasteiger partial charge in [-0.25, -0.2) is 4.79 Å². The minimum absolute atomic E-state index is 0.0370. The highest BCUT2D eigenvalue weighted by atomic mass is 35.5. The lowest BCUT2D eigenvalue weighted by Gasteiger charge is -2.40. The molecule has 1 aromatic heterocycles. The van der Waals surface area contributed by atoms with Gasteiger partial charge in [-0.3, -0.25) is 14.8 Å². The second kappa shape index (κ2) is 14.3. The summed E-state index contributed by atoms with van der Waals surface area (Å²) in [5.41, 5.74) is 0.868. The first-order valence-electron chi connectivity index (χ1n) is 15.3. The quantitative estimate of drug-likeness (QED) is 0.171. The first kappa shape index (κ1) is 34.0. The highest BCUT2D eigenvalue weighted by Gasteiger charge is 2.45. The number of rotatable bonds is 8. The third kappa shape index (κ3) is 6.96. The molecule has 3 heterocycles. The molecule has 0 aliphatic carbocycles. The summed E-state index contributed by atoms with van der Waals surface area (Å²) >= 11 is 14.0. The number of benzene rings is 3. The summed E-state index contributed by atoms with van der Waals surface area (Å²) < 4.78 is 47.1. The number of amides is 2. The van der Waals surface area contributed by atoms with Crippen molar-refractivity contribution < 1.29 is 27.5 Å². The van der Waals surface area contributed by atoms with E-state index in [0.717, 1.165) is 34.4 Å². The largest absolute Gasteiger partial charge is 0.493 e. The zero-order chi connectivity index (χ0) is 34.0. The number of piperazine rings is 1. The topological polar surface area (TPSA) is 65.5 Å². The van der Waals surface area contributed by atoms with Gasteiger partial charge in [0.1, 0.15) is 30.0 Å². The van der Waals surface area contributed by atoms with Crippen LogP contribution in [0.2, 0.25) is 10.0 Å². The molecule has 13 heteroatoms. The van der Waals surface area contributed by atoms with Gasteiger partial charge in [0.05, 0.1) is 23.8 Å². The zero-order valence-electron chi connectivity index (χ0n) is 25.7. The van der Waals surface area contributed by atoms with Gasteiger partial charge in [0.2, 0.25) is 0 Å². The number of hydrogen-bond acceptors (Lipinski definition) is 6. The number of aliphatic imine (C=N–C) groups is 1. The highest BCUT2D eigenvalue weighted by Crippen LogP contribution is 2.46. The molecule has 4 aromatic rings. The Kier molecular flexibility index (Phi) is 10.1. The van der Waals surface area contributed by atoms with Crippen LogP contribution in [-0.2, 0) is 11.0 Å². The van der Waals surface area contributed by atoms with Gasteiger partial charge in [0, 0.05) is 41.1 Å². The van der Waals surface area contributed by atoms with Crippen molar-refractivity contribution in [2.24, 2.45) is 4.99 Å². The van der Waals surface area contributed by atoms with E-state index >= 15 is 0 Å². The summed E-state index contributed by atoms with van der Waals surface area (Å²) in [6, 6.07) is 19.1. The van der Waals surface area contributed by atoms with Crippen LogP contribution in [0.15, 0.2) is 89.2 Å². The lowest BCUT2D eigenvalue weighted by Crippen LogP contribution is -2.54. The van der Waals surface area contributed by atoms with Crippen LogP contribution in [0.25, 0.3) is 0 Å². The normalized spacial score (nSPS) is 19.2. The molecule has 2 aliphatic rings. The third-order valence-corrected chi connectivity index (χ3v) is 9.93. The van der Waals surface area contributed by atoms with E-state index in [9.17, 15) is 22.8 Å². The van der Waals surface area contributed by atoms with Gasteiger partial charge < -0.3 is 14.4 Å². The maximum Gasteiger partial charge on any atom is 0.416 e. The number of aldehydes is 1. The SMILES string of the molecule is CCOc1cc(C(F)(F)F)ccc1C1=NC(c2ccc(Cl)cc2)C(c2ccc(Cl)cc2)N1C(=O)N1CCN(C(C=O)c2cccs2)CC1. The Morgan fingerprint density at radius 1 is 0.979 bits per heavy atom. The summed E-state index contributed by atoms with van der Waals surface area (Å²) in [7, 11) is 0. The molecule has 3 atom stereocenters. The van der Waals surface area contributed by atoms with E-state index in [2.05, 4.69) is 0 Å². The zero-order valence-corrected chi connectivity index (χ0v) is 28.1. The molecule has 0 radical (unpaired) electrons. The van der Waals surface area contributed by atoms with Gasteiger partial charge in [-0.1, -0.05) is 53.5 Å². The molecule has 0 spiro atoms. The van der Waals surface area contributed by atoms with Crippen LogP contribution in [0.5, 0.6) is 5.75 Å². The van der Waals surface area contributed by atoms with E-state index in [1.165, 1.54) is 17.4 Å². The molecule has 2 aliphatic heterocycles. The molecule has 7 nitrogen and oxygen atoms in total. The Hall–Kier alpha value is -3.90. The van der Waals surface area contributed by atoms with Gasteiger partial charge >= 0.3 is 12.2 Å². The number of alkyl halides is 3. The minimum Gasteiger partial charge on any atom is -0.493 e. The van der Waals surface area contributed by atoms with Crippen molar-refractivity contribution >= 4 is 52.7 Å². The fraction of sp³-hybridized carbons (Fsp3) is 0.286. The maximum atomic E-state index is 14.8. The van der Waals surface area contributed by atoms with Gasteiger partial charge in [-0.05, 0) is 72.0 Å². The Labute approximate surface area is 290 Å². The van der Waals surface area contributed by atoms with Crippen LogP contribution < -0.4 is 4.74 Å².